The van der Waals surface area contributed by atoms with Gasteiger partial charge in [0.1, 0.15) is 25.9 Å². The van der Waals surface area contributed by atoms with Crippen molar-refractivity contribution in [3.63, 3.8) is 0 Å². The molecule has 4 atom stereocenters. The maximum absolute atomic E-state index is 13.7. The van der Waals surface area contributed by atoms with Crippen molar-refractivity contribution in [1.82, 2.24) is 10.2 Å². The van der Waals surface area contributed by atoms with E-state index in [9.17, 15) is 33.6 Å². The number of nitrogens with one attached hydrogen (secondary N) is 1. The third kappa shape index (κ3) is 35.9. The summed E-state index contributed by atoms with van der Waals surface area (Å²) in [6.45, 7) is 13.2. The van der Waals surface area contributed by atoms with Crippen LogP contribution in [0.4, 0.5) is 0 Å². The van der Waals surface area contributed by atoms with Gasteiger partial charge in [0.05, 0.1) is 26.2 Å². The first kappa shape index (κ1) is 68.0. The highest BCUT2D eigenvalue weighted by atomic mass is 33.1. The largest absolute Gasteiger partial charge is 0.465 e. The van der Waals surface area contributed by atoms with Gasteiger partial charge < -0.3 is 38.5 Å². The number of morpholine rings is 1. The molecule has 0 aliphatic carbocycles. The van der Waals surface area contributed by atoms with Crippen LogP contribution in [0.3, 0.4) is 0 Å². The van der Waals surface area contributed by atoms with Crippen molar-refractivity contribution in [1.29, 1.82) is 0 Å². The van der Waals surface area contributed by atoms with Crippen molar-refractivity contribution >= 4 is 63.3 Å². The summed E-state index contributed by atoms with van der Waals surface area (Å²) in [5, 5.41) is 3.33. The zero-order valence-electron chi connectivity index (χ0n) is 47.1. The molecule has 2 aliphatic rings. The van der Waals surface area contributed by atoms with E-state index in [1.165, 1.54) is 63.5 Å². The Morgan fingerprint density at radius 2 is 1.12 bits per heavy atom. The van der Waals surface area contributed by atoms with Crippen molar-refractivity contribution in [2.75, 3.05) is 71.6 Å². The van der Waals surface area contributed by atoms with E-state index in [1.54, 1.807) is 13.8 Å². The van der Waals surface area contributed by atoms with Gasteiger partial charge in [-0.1, -0.05) is 146 Å². The van der Waals surface area contributed by atoms with E-state index in [-0.39, 0.29) is 83.2 Å². The van der Waals surface area contributed by atoms with Crippen LogP contribution >= 0.6 is 21.6 Å². The Kier molecular flexibility index (Phi) is 39.8. The normalized spacial score (nSPS) is 16.1. The molecule has 4 unspecified atom stereocenters. The minimum Gasteiger partial charge on any atom is -0.465 e. The molecule has 0 radical (unpaired) electrons. The molecule has 75 heavy (non-hydrogen) atoms. The lowest BCUT2D eigenvalue weighted by atomic mass is 9.86. The summed E-state index contributed by atoms with van der Waals surface area (Å²) < 4.78 is 39.1. The second kappa shape index (κ2) is 43.8. The van der Waals surface area contributed by atoms with Crippen molar-refractivity contribution in [2.24, 2.45) is 11.3 Å². The van der Waals surface area contributed by atoms with Crippen LogP contribution in [-0.4, -0.2) is 136 Å². The van der Waals surface area contributed by atoms with Crippen molar-refractivity contribution in [3.8, 4) is 0 Å². The zero-order chi connectivity index (χ0) is 54.8. The number of ether oxygens (including phenoxy) is 7. The van der Waals surface area contributed by atoms with Crippen LogP contribution < -0.4 is 5.32 Å². The molecule has 1 amide bonds. The molecule has 2 saturated heterocycles. The fourth-order valence-electron chi connectivity index (χ4n) is 8.84. The molecule has 0 spiro atoms. The van der Waals surface area contributed by atoms with E-state index in [4.69, 9.17) is 33.2 Å². The van der Waals surface area contributed by atoms with Gasteiger partial charge in [-0.05, 0) is 63.7 Å². The summed E-state index contributed by atoms with van der Waals surface area (Å²) >= 11 is 0. The predicted octanol–water partition coefficient (Wildman–Crippen LogP) is 11.2. The molecule has 2 rings (SSSR count). The molecule has 0 aromatic rings. The average molecular weight is 1100 g/mol. The monoisotopic (exact) mass is 1100 g/mol. The number of amides is 1. The quantitative estimate of drug-likeness (QED) is 0.0261. The van der Waals surface area contributed by atoms with Gasteiger partial charge in [-0.3, -0.25) is 38.5 Å². The van der Waals surface area contributed by atoms with E-state index in [0.717, 1.165) is 83.7 Å². The number of rotatable bonds is 46. The summed E-state index contributed by atoms with van der Waals surface area (Å²) in [7, 11) is 3.84. The molecule has 2 heterocycles. The van der Waals surface area contributed by atoms with E-state index >= 15 is 0 Å². The fourth-order valence-corrected chi connectivity index (χ4v) is 11.9. The number of unbranched alkanes of at least 4 members (excludes halogenated alkanes) is 12. The average Bonchev–Trinajstić information content (AvgIpc) is 3.92. The second-order valence-corrected chi connectivity index (χ2v) is 23.9. The van der Waals surface area contributed by atoms with Gasteiger partial charge in [-0.25, -0.2) is 0 Å². The van der Waals surface area contributed by atoms with Crippen LogP contribution in [0.5, 0.6) is 0 Å². The van der Waals surface area contributed by atoms with Crippen LogP contribution in [0.2, 0.25) is 0 Å². The van der Waals surface area contributed by atoms with Crippen LogP contribution in [0.15, 0.2) is 0 Å². The summed E-state index contributed by atoms with van der Waals surface area (Å²) in [4.78, 5) is 93.1. The molecular weight excluding hydrogens is 1000 g/mol. The Morgan fingerprint density at radius 3 is 1.75 bits per heavy atom. The number of hydrogen-bond acceptors (Lipinski definition) is 17. The summed E-state index contributed by atoms with van der Waals surface area (Å²) in [5.74, 6) is -2.22. The van der Waals surface area contributed by atoms with Gasteiger partial charge in [0.15, 0.2) is 6.10 Å². The van der Waals surface area contributed by atoms with Gasteiger partial charge >= 0.3 is 35.8 Å². The van der Waals surface area contributed by atoms with E-state index in [0.29, 0.717) is 50.4 Å². The lowest BCUT2D eigenvalue weighted by Gasteiger charge is -2.32. The Morgan fingerprint density at radius 1 is 0.587 bits per heavy atom. The van der Waals surface area contributed by atoms with Crippen LogP contribution in [0.1, 0.15) is 221 Å². The van der Waals surface area contributed by atoms with Gasteiger partial charge in [-0.15, -0.1) is 0 Å². The SMILES string of the molecule is CCCCCCCCC(CCCCCC)COC(=O)CCCC(=O)OCC(C)(C)C(OC(=O)CCCC(=O)OCC(CCCCCC)OC(=O)CCCCC1CCSS1)C(=O)NCCC(=O)OCCN1CCOCC1. The molecule has 2 aliphatic heterocycles. The van der Waals surface area contributed by atoms with Crippen LogP contribution in [-0.2, 0) is 66.7 Å². The number of carbonyl (C=O) groups excluding carboxylic acids is 7. The maximum atomic E-state index is 13.7. The Labute approximate surface area is 459 Å². The first-order chi connectivity index (χ1) is 36.3. The predicted molar refractivity (Wildman–Crippen MR) is 296 cm³/mol. The van der Waals surface area contributed by atoms with Gasteiger partial charge in [-0.2, -0.15) is 0 Å². The van der Waals surface area contributed by atoms with E-state index in [1.807, 2.05) is 21.6 Å². The molecule has 16 nitrogen and oxygen atoms in total. The third-order valence-electron chi connectivity index (χ3n) is 13.6. The minimum atomic E-state index is -1.44. The lowest BCUT2D eigenvalue weighted by molar-refractivity contribution is -0.169. The number of nitrogens with zero attached hydrogens (tertiary/aromatic N) is 1. The Balaban J connectivity index is 1.92. The third-order valence-corrected chi connectivity index (χ3v) is 16.6. The smallest absolute Gasteiger partial charge is 0.307 e. The summed E-state index contributed by atoms with van der Waals surface area (Å²) in [6.07, 6.45) is 20.8. The number of carbonyl (C=O) groups is 7. The highest BCUT2D eigenvalue weighted by Gasteiger charge is 2.40. The number of hydrogen-bond donors (Lipinski definition) is 1. The van der Waals surface area contributed by atoms with Gasteiger partial charge in [0.25, 0.3) is 5.91 Å². The molecule has 2 fully saturated rings. The van der Waals surface area contributed by atoms with Crippen LogP contribution in [0.25, 0.3) is 0 Å². The maximum Gasteiger partial charge on any atom is 0.307 e. The summed E-state index contributed by atoms with van der Waals surface area (Å²) in [6, 6.07) is 0. The lowest BCUT2D eigenvalue weighted by Crippen LogP contribution is -2.49. The first-order valence-electron chi connectivity index (χ1n) is 29.1. The highest BCUT2D eigenvalue weighted by molar-refractivity contribution is 8.77. The van der Waals surface area contributed by atoms with E-state index < -0.39 is 47.4 Å². The van der Waals surface area contributed by atoms with Gasteiger partial charge in [0.2, 0.25) is 0 Å². The fraction of sp³-hybridized carbons (Fsp3) is 0.877. The molecule has 0 aromatic heterocycles. The van der Waals surface area contributed by atoms with Gasteiger partial charge in [0, 0.05) is 74.7 Å². The van der Waals surface area contributed by atoms with Crippen molar-refractivity contribution < 1.29 is 66.7 Å². The standard InChI is InChI=1S/C57H100N2O14S2/c1-6-9-12-15-16-18-25-46(24-17-13-10-7-2)43-69-49(60)29-22-31-51(62)71-45-57(4,5)55(56(66)58-35-33-52(63)68-41-38-59-36-39-67-40-37-59)73-54(65)32-23-30-50(61)70-44-47(26-19-14-11-8-3)72-53(64)28-21-20-27-48-34-42-74-75-48/h46-48,55H,6-45H2,1-5H3,(H,58,66). The van der Waals surface area contributed by atoms with E-state index in [2.05, 4.69) is 31.0 Å². The molecule has 1 N–H and O–H groups in total. The Bertz CT molecular complexity index is 1570. The molecule has 0 saturated carbocycles. The number of esters is 6. The van der Waals surface area contributed by atoms with Crippen molar-refractivity contribution in [3.05, 3.63) is 0 Å². The molecule has 18 heteroatoms. The highest BCUT2D eigenvalue weighted by Crippen LogP contribution is 2.40. The Hall–Kier alpha value is -3.09. The topological polar surface area (TPSA) is 199 Å². The zero-order valence-corrected chi connectivity index (χ0v) is 48.7. The van der Waals surface area contributed by atoms with Crippen molar-refractivity contribution in [2.45, 2.75) is 238 Å². The minimum absolute atomic E-state index is 0.0506. The first-order valence-corrected chi connectivity index (χ1v) is 31.5. The van der Waals surface area contributed by atoms with Crippen LogP contribution in [0, 0.1) is 11.3 Å². The molecule has 434 valence electrons. The summed E-state index contributed by atoms with van der Waals surface area (Å²) in [5.41, 5.74) is -1.23. The second-order valence-electron chi connectivity index (χ2n) is 21.1. The molecule has 0 bridgehead atoms. The molecular formula is C57H100N2O14S2. The molecule has 0 aromatic carbocycles.